The molecular formula is C34H33ClN2O2. The van der Waals surface area contributed by atoms with E-state index in [2.05, 4.69) is 73.3 Å². The molecule has 2 fully saturated rings. The predicted molar refractivity (Wildman–Crippen MR) is 157 cm³/mol. The Kier molecular flexibility index (Phi) is 7.03. The van der Waals surface area contributed by atoms with Crippen LogP contribution in [0.15, 0.2) is 109 Å². The summed E-state index contributed by atoms with van der Waals surface area (Å²) >= 11 is 6.92. The third kappa shape index (κ3) is 4.67. The quantitative estimate of drug-likeness (QED) is 0.261. The van der Waals surface area contributed by atoms with Gasteiger partial charge in [0.1, 0.15) is 0 Å². The summed E-state index contributed by atoms with van der Waals surface area (Å²) in [6.45, 7) is 5.47. The van der Waals surface area contributed by atoms with Gasteiger partial charge in [0.2, 0.25) is 0 Å². The highest BCUT2D eigenvalue weighted by molar-refractivity contribution is 6.31. The van der Waals surface area contributed by atoms with Gasteiger partial charge in [-0.2, -0.15) is 0 Å². The van der Waals surface area contributed by atoms with E-state index in [0.29, 0.717) is 24.5 Å². The van der Waals surface area contributed by atoms with E-state index in [1.807, 2.05) is 59.7 Å². The summed E-state index contributed by atoms with van der Waals surface area (Å²) in [7, 11) is 0. The zero-order chi connectivity index (χ0) is 27.0. The van der Waals surface area contributed by atoms with E-state index in [4.69, 9.17) is 16.4 Å². The van der Waals surface area contributed by atoms with Crippen LogP contribution >= 0.6 is 11.6 Å². The fourth-order valence-electron chi connectivity index (χ4n) is 6.26. The first kappa shape index (κ1) is 25.8. The van der Waals surface area contributed by atoms with Crippen molar-refractivity contribution in [2.75, 3.05) is 18.2 Å². The van der Waals surface area contributed by atoms with Crippen LogP contribution in [0.3, 0.4) is 0 Å². The van der Waals surface area contributed by atoms with Gasteiger partial charge in [0.15, 0.2) is 11.4 Å². The fourth-order valence-corrected chi connectivity index (χ4v) is 6.51. The lowest BCUT2D eigenvalue weighted by molar-refractivity contribution is -0.151. The minimum Gasteiger partial charge on any atom is -0.296 e. The van der Waals surface area contributed by atoms with E-state index in [1.165, 1.54) is 11.1 Å². The van der Waals surface area contributed by atoms with Crippen LogP contribution in [0, 0.1) is 6.92 Å². The molecule has 5 heteroatoms. The number of para-hydroxylation sites is 1. The number of rotatable bonds is 5. The molecule has 0 aromatic heterocycles. The van der Waals surface area contributed by atoms with Gasteiger partial charge >= 0.3 is 0 Å². The Labute approximate surface area is 235 Å². The smallest absolute Gasteiger partial charge is 0.176 e. The number of Topliss-reactive ketones (excluding diaryl/α,β-unsaturated/α-hetero) is 1. The van der Waals surface area contributed by atoms with Crippen molar-refractivity contribution < 1.29 is 9.63 Å². The number of hydroxylamine groups is 1. The molecule has 0 N–H and O–H groups in total. The molecule has 0 bridgehead atoms. The molecule has 2 aliphatic rings. The second-order valence-electron chi connectivity index (χ2n) is 10.7. The summed E-state index contributed by atoms with van der Waals surface area (Å²) in [5, 5.41) is 2.62. The maximum atomic E-state index is 14.2. The van der Waals surface area contributed by atoms with Crippen LogP contribution in [0.1, 0.15) is 53.6 Å². The minimum atomic E-state index is -1.10. The highest BCUT2D eigenvalue weighted by atomic mass is 35.5. The molecule has 39 heavy (non-hydrogen) atoms. The molecule has 0 radical (unpaired) electrons. The predicted octanol–water partition coefficient (Wildman–Crippen LogP) is 7.70. The third-order valence-electron chi connectivity index (χ3n) is 8.37. The normalized spacial score (nSPS) is 24.3. The molecule has 4 nitrogen and oxygen atoms in total. The second kappa shape index (κ2) is 10.6. The summed E-state index contributed by atoms with van der Waals surface area (Å²) in [6.07, 6.45) is 0.418. The number of anilines is 1. The number of ketones is 1. The Bertz CT molecular complexity index is 1440. The molecule has 0 amide bonds. The van der Waals surface area contributed by atoms with Crippen LogP contribution in [0.5, 0.6) is 0 Å². The van der Waals surface area contributed by atoms with Crippen molar-refractivity contribution in [2.45, 2.75) is 43.9 Å². The van der Waals surface area contributed by atoms with E-state index in [1.54, 1.807) is 0 Å². The molecule has 198 valence electrons. The van der Waals surface area contributed by atoms with Crippen molar-refractivity contribution >= 4 is 23.1 Å². The number of aryl methyl sites for hydroxylation is 1. The van der Waals surface area contributed by atoms with Crippen LogP contribution in [0.4, 0.5) is 5.69 Å². The number of carbonyl (C=O) groups is 1. The number of piperidine rings is 1. The summed E-state index contributed by atoms with van der Waals surface area (Å²) < 4.78 is 0. The van der Waals surface area contributed by atoms with Gasteiger partial charge in [-0.25, -0.2) is 5.06 Å². The van der Waals surface area contributed by atoms with Gasteiger partial charge in [-0.3, -0.25) is 14.5 Å². The first-order chi connectivity index (χ1) is 19.0. The van der Waals surface area contributed by atoms with Gasteiger partial charge in [0.25, 0.3) is 0 Å². The minimum absolute atomic E-state index is 0.125. The van der Waals surface area contributed by atoms with Gasteiger partial charge in [0, 0.05) is 30.6 Å². The Morgan fingerprint density at radius 1 is 0.872 bits per heavy atom. The summed E-state index contributed by atoms with van der Waals surface area (Å²) in [6, 6.07) is 36.9. The van der Waals surface area contributed by atoms with Crippen LogP contribution in [-0.2, 0) is 9.63 Å². The Balaban J connectivity index is 1.53. The van der Waals surface area contributed by atoms with E-state index in [0.717, 1.165) is 16.8 Å². The monoisotopic (exact) mass is 536 g/mol. The van der Waals surface area contributed by atoms with Crippen LogP contribution < -0.4 is 5.06 Å². The molecule has 4 aromatic carbocycles. The number of nitrogens with zero attached hydrogens (tertiary/aromatic N) is 2. The average Bonchev–Trinajstić information content (AvgIpc) is 3.31. The molecule has 2 heterocycles. The number of hydrogen-bond acceptors (Lipinski definition) is 4. The highest BCUT2D eigenvalue weighted by Gasteiger charge is 2.62. The van der Waals surface area contributed by atoms with E-state index >= 15 is 0 Å². The van der Waals surface area contributed by atoms with Crippen molar-refractivity contribution in [3.05, 3.63) is 136 Å². The van der Waals surface area contributed by atoms with Crippen LogP contribution in [-0.4, -0.2) is 29.4 Å². The molecule has 1 spiro atoms. The van der Waals surface area contributed by atoms with Gasteiger partial charge in [-0.15, -0.1) is 0 Å². The molecule has 4 atom stereocenters. The van der Waals surface area contributed by atoms with E-state index in [-0.39, 0.29) is 23.8 Å². The van der Waals surface area contributed by atoms with Crippen molar-refractivity contribution in [1.29, 1.82) is 0 Å². The zero-order valence-corrected chi connectivity index (χ0v) is 23.1. The van der Waals surface area contributed by atoms with Crippen LogP contribution in [0.25, 0.3) is 0 Å². The largest absolute Gasteiger partial charge is 0.296 e. The van der Waals surface area contributed by atoms with Gasteiger partial charge in [-0.05, 0) is 48.7 Å². The SMILES string of the molecule is Cc1ccc([C@H]2[C@@H](c3ccccc3Cl)[C@@]3(CN([C@H](C)c4ccccc4)CCC3=O)ON2c2ccccc2)cc1. The standard InChI is InChI=1S/C34H33ClN2O2/c1-24-17-19-27(20-18-24)33-32(29-15-9-10-16-30(29)35)34(39-37(33)28-13-7-4-8-14-28)23-36(22-21-31(34)38)25(2)26-11-5-3-6-12-26/h3-20,25,32-33H,21-23H2,1-2H3/t25-,32-,33+,34+/m1/s1. The van der Waals surface area contributed by atoms with Gasteiger partial charge < -0.3 is 0 Å². The molecule has 6 rings (SSSR count). The lowest BCUT2D eigenvalue weighted by Crippen LogP contribution is -2.58. The Morgan fingerprint density at radius 3 is 2.21 bits per heavy atom. The molecule has 0 saturated carbocycles. The van der Waals surface area contributed by atoms with Crippen molar-refractivity contribution in [2.24, 2.45) is 0 Å². The number of carbonyl (C=O) groups excluding carboxylic acids is 1. The summed E-state index contributed by atoms with van der Waals surface area (Å²) in [4.78, 5) is 23.6. The van der Waals surface area contributed by atoms with E-state index in [9.17, 15) is 4.79 Å². The maximum Gasteiger partial charge on any atom is 0.176 e. The molecule has 0 unspecified atom stereocenters. The number of benzene rings is 4. The fraction of sp³-hybridized carbons (Fsp3) is 0.265. The first-order valence-corrected chi connectivity index (χ1v) is 14.0. The summed E-state index contributed by atoms with van der Waals surface area (Å²) in [5.41, 5.74) is 4.25. The van der Waals surface area contributed by atoms with Crippen molar-refractivity contribution in [3.63, 3.8) is 0 Å². The average molecular weight is 537 g/mol. The number of halogens is 1. The maximum absolute atomic E-state index is 14.2. The molecule has 2 saturated heterocycles. The van der Waals surface area contributed by atoms with Crippen molar-refractivity contribution in [1.82, 2.24) is 4.90 Å². The summed E-state index contributed by atoms with van der Waals surface area (Å²) in [5.74, 6) is -0.188. The third-order valence-corrected chi connectivity index (χ3v) is 8.71. The van der Waals surface area contributed by atoms with E-state index < -0.39 is 5.60 Å². The Hall–Kier alpha value is -3.44. The number of likely N-dealkylation sites (tertiary alicyclic amines) is 1. The second-order valence-corrected chi connectivity index (χ2v) is 11.1. The van der Waals surface area contributed by atoms with Crippen LogP contribution in [0.2, 0.25) is 5.02 Å². The lowest BCUT2D eigenvalue weighted by atomic mass is 9.71. The van der Waals surface area contributed by atoms with Gasteiger partial charge in [-0.1, -0.05) is 108 Å². The van der Waals surface area contributed by atoms with Gasteiger partial charge in [0.05, 0.1) is 17.6 Å². The molecule has 2 aliphatic heterocycles. The zero-order valence-electron chi connectivity index (χ0n) is 22.3. The highest BCUT2D eigenvalue weighted by Crippen LogP contribution is 2.56. The molecule has 0 aliphatic carbocycles. The lowest BCUT2D eigenvalue weighted by Gasteiger charge is -2.43. The Morgan fingerprint density at radius 2 is 1.51 bits per heavy atom. The molecule has 4 aromatic rings. The first-order valence-electron chi connectivity index (χ1n) is 13.6. The molecular weight excluding hydrogens is 504 g/mol. The van der Waals surface area contributed by atoms with Crippen molar-refractivity contribution in [3.8, 4) is 0 Å². The number of hydrogen-bond donors (Lipinski definition) is 0. The topological polar surface area (TPSA) is 32.8 Å².